The second-order valence-electron chi connectivity index (χ2n) is 7.86. The number of carbonyl (C=O) groups excluding carboxylic acids is 1. The van der Waals surface area contributed by atoms with E-state index in [-0.39, 0.29) is 5.91 Å². The molecule has 0 atom stereocenters. The average Bonchev–Trinajstić information content (AvgIpc) is 2.83. The van der Waals surface area contributed by atoms with Crippen LogP contribution in [0.5, 0.6) is 17.2 Å². The zero-order valence-corrected chi connectivity index (χ0v) is 18.0. The Bertz CT molecular complexity index is 882. The first kappa shape index (κ1) is 21.5. The summed E-state index contributed by atoms with van der Waals surface area (Å²) in [4.78, 5) is 14.9. The molecule has 2 aromatic carbocycles. The summed E-state index contributed by atoms with van der Waals surface area (Å²) < 4.78 is 22.4. The van der Waals surface area contributed by atoms with Gasteiger partial charge < -0.3 is 24.3 Å². The van der Waals surface area contributed by atoms with Crippen LogP contribution in [0.2, 0.25) is 0 Å². The van der Waals surface area contributed by atoms with Crippen molar-refractivity contribution in [1.82, 2.24) is 10.2 Å². The van der Waals surface area contributed by atoms with E-state index in [2.05, 4.69) is 17.3 Å². The maximum atomic E-state index is 12.5. The van der Waals surface area contributed by atoms with Crippen LogP contribution in [0.15, 0.2) is 42.5 Å². The zero-order valence-electron chi connectivity index (χ0n) is 18.0. The molecule has 2 heterocycles. The van der Waals surface area contributed by atoms with Gasteiger partial charge in [0.1, 0.15) is 25.6 Å². The molecule has 0 spiro atoms. The SMILES string of the molecule is CN(CCOc1cccc(CNC(=O)c2ccc3c(c2)OCCO3)c1)C1CCOCC1. The van der Waals surface area contributed by atoms with E-state index in [1.807, 2.05) is 24.3 Å². The lowest BCUT2D eigenvalue weighted by Crippen LogP contribution is -2.38. The summed E-state index contributed by atoms with van der Waals surface area (Å²) in [6, 6.07) is 13.7. The molecule has 0 aromatic heterocycles. The minimum Gasteiger partial charge on any atom is -0.492 e. The lowest BCUT2D eigenvalue weighted by atomic mass is 10.1. The molecule has 1 N–H and O–H groups in total. The van der Waals surface area contributed by atoms with Crippen LogP contribution in [0.4, 0.5) is 0 Å². The number of nitrogens with one attached hydrogen (secondary N) is 1. The molecule has 7 nitrogen and oxygen atoms in total. The fourth-order valence-electron chi connectivity index (χ4n) is 3.83. The maximum Gasteiger partial charge on any atom is 0.251 e. The lowest BCUT2D eigenvalue weighted by molar-refractivity contribution is 0.0392. The Morgan fingerprint density at radius 2 is 1.87 bits per heavy atom. The van der Waals surface area contributed by atoms with Gasteiger partial charge in [0.05, 0.1) is 0 Å². The predicted octanol–water partition coefficient (Wildman–Crippen LogP) is 2.88. The number of rotatable bonds is 8. The fourth-order valence-corrected chi connectivity index (χ4v) is 3.83. The number of hydrogen-bond acceptors (Lipinski definition) is 6. The highest BCUT2D eigenvalue weighted by molar-refractivity contribution is 5.94. The molecule has 1 fully saturated rings. The van der Waals surface area contributed by atoms with Crippen molar-refractivity contribution in [2.75, 3.05) is 46.6 Å². The zero-order chi connectivity index (χ0) is 21.5. The summed E-state index contributed by atoms with van der Waals surface area (Å²) in [6.45, 7) is 4.63. The molecule has 0 saturated carbocycles. The monoisotopic (exact) mass is 426 g/mol. The molecule has 31 heavy (non-hydrogen) atoms. The number of hydrogen-bond donors (Lipinski definition) is 1. The largest absolute Gasteiger partial charge is 0.492 e. The fraction of sp³-hybridized carbons (Fsp3) is 0.458. The van der Waals surface area contributed by atoms with Crippen LogP contribution in [-0.2, 0) is 11.3 Å². The molecule has 0 radical (unpaired) electrons. The van der Waals surface area contributed by atoms with Gasteiger partial charge in [-0.15, -0.1) is 0 Å². The molecular weight excluding hydrogens is 396 g/mol. The van der Waals surface area contributed by atoms with Gasteiger partial charge in [-0.3, -0.25) is 9.69 Å². The maximum absolute atomic E-state index is 12.5. The Labute approximate surface area is 183 Å². The molecule has 4 rings (SSSR count). The highest BCUT2D eigenvalue weighted by atomic mass is 16.6. The van der Waals surface area contributed by atoms with Crippen LogP contribution >= 0.6 is 0 Å². The van der Waals surface area contributed by atoms with Crippen molar-refractivity contribution in [1.29, 1.82) is 0 Å². The van der Waals surface area contributed by atoms with E-state index in [9.17, 15) is 4.79 Å². The third kappa shape index (κ3) is 5.89. The number of likely N-dealkylation sites (N-methyl/N-ethyl adjacent to an activating group) is 1. The van der Waals surface area contributed by atoms with Gasteiger partial charge in [-0.1, -0.05) is 12.1 Å². The third-order valence-electron chi connectivity index (χ3n) is 5.68. The van der Waals surface area contributed by atoms with Crippen molar-refractivity contribution in [2.45, 2.75) is 25.4 Å². The molecule has 166 valence electrons. The van der Waals surface area contributed by atoms with E-state index in [0.717, 1.165) is 43.9 Å². The number of benzene rings is 2. The van der Waals surface area contributed by atoms with Crippen molar-refractivity contribution in [3.05, 3.63) is 53.6 Å². The summed E-state index contributed by atoms with van der Waals surface area (Å²) in [6.07, 6.45) is 2.16. The van der Waals surface area contributed by atoms with Crippen molar-refractivity contribution in [3.63, 3.8) is 0 Å². The Hall–Kier alpha value is -2.77. The molecule has 2 aromatic rings. The van der Waals surface area contributed by atoms with E-state index in [0.29, 0.717) is 49.5 Å². The van der Waals surface area contributed by atoms with Crippen LogP contribution in [0.25, 0.3) is 0 Å². The van der Waals surface area contributed by atoms with Crippen LogP contribution in [0.1, 0.15) is 28.8 Å². The highest BCUT2D eigenvalue weighted by Crippen LogP contribution is 2.30. The number of ether oxygens (including phenoxy) is 4. The minimum absolute atomic E-state index is 0.151. The molecule has 2 aliphatic rings. The molecule has 0 bridgehead atoms. The van der Waals surface area contributed by atoms with Crippen LogP contribution in [0.3, 0.4) is 0 Å². The molecule has 7 heteroatoms. The van der Waals surface area contributed by atoms with E-state index in [1.165, 1.54) is 0 Å². The van der Waals surface area contributed by atoms with Gasteiger partial charge in [-0.2, -0.15) is 0 Å². The normalized spacial score (nSPS) is 16.2. The van der Waals surface area contributed by atoms with Crippen LogP contribution in [-0.4, -0.2) is 63.5 Å². The van der Waals surface area contributed by atoms with Gasteiger partial charge in [0, 0.05) is 37.9 Å². The van der Waals surface area contributed by atoms with Gasteiger partial charge in [0.25, 0.3) is 5.91 Å². The first-order valence-corrected chi connectivity index (χ1v) is 10.9. The van der Waals surface area contributed by atoms with Crippen LogP contribution in [0, 0.1) is 0 Å². The molecule has 0 unspecified atom stereocenters. The summed E-state index contributed by atoms with van der Waals surface area (Å²) in [5.41, 5.74) is 1.54. The third-order valence-corrected chi connectivity index (χ3v) is 5.68. The summed E-state index contributed by atoms with van der Waals surface area (Å²) in [7, 11) is 2.14. The second-order valence-corrected chi connectivity index (χ2v) is 7.86. The standard InChI is InChI=1S/C24H30N2O5/c1-26(20-7-10-28-11-8-20)9-12-29-21-4-2-3-18(15-21)17-25-24(27)19-5-6-22-23(16-19)31-14-13-30-22/h2-6,15-16,20H,7-14,17H2,1H3,(H,25,27). The Kier molecular flexibility index (Phi) is 7.27. The summed E-state index contributed by atoms with van der Waals surface area (Å²) in [5.74, 6) is 1.95. The topological polar surface area (TPSA) is 69.3 Å². The molecule has 1 saturated heterocycles. The van der Waals surface area contributed by atoms with E-state index < -0.39 is 0 Å². The quantitative estimate of drug-likeness (QED) is 0.700. The number of carbonyl (C=O) groups is 1. The van der Waals surface area contributed by atoms with Gasteiger partial charge >= 0.3 is 0 Å². The average molecular weight is 427 g/mol. The Morgan fingerprint density at radius 3 is 2.71 bits per heavy atom. The Morgan fingerprint density at radius 1 is 1.06 bits per heavy atom. The van der Waals surface area contributed by atoms with Gasteiger partial charge in [-0.05, 0) is 55.8 Å². The Balaban J connectivity index is 1.25. The predicted molar refractivity (Wildman–Crippen MR) is 117 cm³/mol. The van der Waals surface area contributed by atoms with Gasteiger partial charge in [0.15, 0.2) is 11.5 Å². The number of nitrogens with zero attached hydrogens (tertiary/aromatic N) is 1. The smallest absolute Gasteiger partial charge is 0.251 e. The highest BCUT2D eigenvalue weighted by Gasteiger charge is 2.18. The van der Waals surface area contributed by atoms with E-state index in [1.54, 1.807) is 18.2 Å². The minimum atomic E-state index is -0.151. The molecule has 1 amide bonds. The van der Waals surface area contributed by atoms with E-state index >= 15 is 0 Å². The van der Waals surface area contributed by atoms with Gasteiger partial charge in [0.2, 0.25) is 0 Å². The lowest BCUT2D eigenvalue weighted by Gasteiger charge is -2.31. The summed E-state index contributed by atoms with van der Waals surface area (Å²) in [5, 5.41) is 2.96. The van der Waals surface area contributed by atoms with Crippen molar-refractivity contribution < 1.29 is 23.7 Å². The van der Waals surface area contributed by atoms with Crippen molar-refractivity contribution in [2.24, 2.45) is 0 Å². The van der Waals surface area contributed by atoms with Crippen molar-refractivity contribution in [3.8, 4) is 17.2 Å². The number of fused-ring (bicyclic) bond motifs is 1. The first-order valence-electron chi connectivity index (χ1n) is 10.9. The second kappa shape index (κ2) is 10.5. The van der Waals surface area contributed by atoms with Crippen molar-refractivity contribution >= 4 is 5.91 Å². The molecule has 2 aliphatic heterocycles. The first-order chi connectivity index (χ1) is 15.2. The summed E-state index contributed by atoms with van der Waals surface area (Å²) >= 11 is 0. The van der Waals surface area contributed by atoms with Gasteiger partial charge in [-0.25, -0.2) is 0 Å². The molecule has 0 aliphatic carbocycles. The van der Waals surface area contributed by atoms with E-state index in [4.69, 9.17) is 18.9 Å². The molecular formula is C24H30N2O5. The van der Waals surface area contributed by atoms with Crippen LogP contribution < -0.4 is 19.5 Å². The number of amides is 1.